The normalized spacial score (nSPS) is 16.3. The molecule has 1 N–H and O–H groups in total. The van der Waals surface area contributed by atoms with Gasteiger partial charge in [0.05, 0.1) is 0 Å². The van der Waals surface area contributed by atoms with Crippen molar-refractivity contribution in [3.05, 3.63) is 24.3 Å². The first kappa shape index (κ1) is 22.2. The van der Waals surface area contributed by atoms with Crippen LogP contribution in [0.25, 0.3) is 0 Å². The Morgan fingerprint density at radius 3 is 2.39 bits per heavy atom. The lowest BCUT2D eigenvalue weighted by atomic mass is 9.97. The highest BCUT2D eigenvalue weighted by molar-refractivity contribution is 5.97. The van der Waals surface area contributed by atoms with Crippen LogP contribution in [-0.2, 0) is 14.3 Å². The van der Waals surface area contributed by atoms with Crippen molar-refractivity contribution in [1.82, 2.24) is 4.90 Å². The van der Waals surface area contributed by atoms with E-state index in [-0.39, 0.29) is 18.4 Å². The number of benzene rings is 1. The van der Waals surface area contributed by atoms with Gasteiger partial charge in [0.15, 0.2) is 6.61 Å². The molecule has 0 bridgehead atoms. The summed E-state index contributed by atoms with van der Waals surface area (Å²) in [5, 5.41) is 2.91. The Kier molecular flexibility index (Phi) is 8.77. The van der Waals surface area contributed by atoms with E-state index in [9.17, 15) is 9.59 Å². The summed E-state index contributed by atoms with van der Waals surface area (Å²) in [4.78, 5) is 26.6. The van der Waals surface area contributed by atoms with E-state index >= 15 is 0 Å². The summed E-state index contributed by atoms with van der Waals surface area (Å²) in [6.45, 7) is 5.65. The van der Waals surface area contributed by atoms with Gasteiger partial charge in [-0.25, -0.2) is 0 Å². The van der Waals surface area contributed by atoms with E-state index in [1.54, 1.807) is 31.4 Å². The second-order valence-electron chi connectivity index (χ2n) is 7.60. The van der Waals surface area contributed by atoms with Crippen LogP contribution in [0.2, 0.25) is 0 Å². The SMILES string of the molecule is CCCCCC(C)(OC)C(=O)Nc1ccc(OCC(=O)N2CCCCC2)cc1. The van der Waals surface area contributed by atoms with Crippen LogP contribution in [0.15, 0.2) is 24.3 Å². The smallest absolute Gasteiger partial charge is 0.260 e. The molecule has 0 saturated carbocycles. The number of carbonyl (C=O) groups excluding carboxylic acids is 2. The van der Waals surface area contributed by atoms with Crippen molar-refractivity contribution < 1.29 is 19.1 Å². The highest BCUT2D eigenvalue weighted by Crippen LogP contribution is 2.22. The minimum absolute atomic E-state index is 0.0278. The van der Waals surface area contributed by atoms with Crippen LogP contribution >= 0.6 is 0 Å². The first-order chi connectivity index (χ1) is 13.5. The van der Waals surface area contributed by atoms with E-state index in [0.717, 1.165) is 45.2 Å². The number of carbonyl (C=O) groups is 2. The van der Waals surface area contributed by atoms with Crippen LogP contribution in [0.3, 0.4) is 0 Å². The topological polar surface area (TPSA) is 67.9 Å². The lowest BCUT2D eigenvalue weighted by molar-refractivity contribution is -0.136. The third kappa shape index (κ3) is 6.51. The Morgan fingerprint density at radius 1 is 1.11 bits per heavy atom. The third-order valence-electron chi connectivity index (χ3n) is 5.37. The Morgan fingerprint density at radius 2 is 1.79 bits per heavy atom. The summed E-state index contributed by atoms with van der Waals surface area (Å²) in [5.41, 5.74) is -0.163. The van der Waals surface area contributed by atoms with Gasteiger partial charge in [-0.2, -0.15) is 0 Å². The van der Waals surface area contributed by atoms with E-state index < -0.39 is 5.60 Å². The number of rotatable bonds is 10. The maximum Gasteiger partial charge on any atom is 0.260 e. The van der Waals surface area contributed by atoms with Crippen LogP contribution < -0.4 is 10.1 Å². The monoisotopic (exact) mass is 390 g/mol. The van der Waals surface area contributed by atoms with Crippen LogP contribution in [0.5, 0.6) is 5.75 Å². The molecule has 0 radical (unpaired) electrons. The number of methoxy groups -OCH3 is 1. The molecule has 1 unspecified atom stereocenters. The molecule has 6 heteroatoms. The summed E-state index contributed by atoms with van der Waals surface area (Å²) in [5.74, 6) is 0.487. The molecule has 1 heterocycles. The number of amides is 2. The van der Waals surface area contributed by atoms with E-state index in [2.05, 4.69) is 12.2 Å². The van der Waals surface area contributed by atoms with Crippen LogP contribution in [-0.4, -0.2) is 49.1 Å². The van der Waals surface area contributed by atoms with Crippen molar-refractivity contribution in [2.75, 3.05) is 32.1 Å². The highest BCUT2D eigenvalue weighted by Gasteiger charge is 2.32. The molecule has 1 aliphatic rings. The van der Waals surface area contributed by atoms with Crippen LogP contribution in [0.4, 0.5) is 5.69 Å². The first-order valence-corrected chi connectivity index (χ1v) is 10.4. The van der Waals surface area contributed by atoms with E-state index in [0.29, 0.717) is 17.9 Å². The molecule has 156 valence electrons. The van der Waals surface area contributed by atoms with Gasteiger partial charge in [-0.1, -0.05) is 26.2 Å². The first-order valence-electron chi connectivity index (χ1n) is 10.4. The van der Waals surface area contributed by atoms with Gasteiger partial charge in [0.1, 0.15) is 11.4 Å². The molecular formula is C22H34N2O4. The zero-order valence-electron chi connectivity index (χ0n) is 17.5. The molecule has 2 rings (SSSR count). The summed E-state index contributed by atoms with van der Waals surface area (Å²) in [6.07, 6.45) is 7.14. The van der Waals surface area contributed by atoms with Gasteiger partial charge in [-0.15, -0.1) is 0 Å². The second-order valence-corrected chi connectivity index (χ2v) is 7.60. The Balaban J connectivity index is 1.84. The zero-order valence-corrected chi connectivity index (χ0v) is 17.5. The van der Waals surface area contributed by atoms with Gasteiger partial charge >= 0.3 is 0 Å². The predicted molar refractivity (Wildman–Crippen MR) is 111 cm³/mol. The highest BCUT2D eigenvalue weighted by atomic mass is 16.5. The number of likely N-dealkylation sites (tertiary alicyclic amines) is 1. The fourth-order valence-electron chi connectivity index (χ4n) is 3.30. The van der Waals surface area contributed by atoms with Gasteiger partial charge in [0.25, 0.3) is 11.8 Å². The summed E-state index contributed by atoms with van der Waals surface area (Å²) in [6, 6.07) is 7.09. The van der Waals surface area contributed by atoms with Crippen molar-refractivity contribution in [3.8, 4) is 5.75 Å². The summed E-state index contributed by atoms with van der Waals surface area (Å²) in [7, 11) is 1.57. The number of hydrogen-bond acceptors (Lipinski definition) is 4. The number of nitrogens with one attached hydrogen (secondary N) is 1. The number of hydrogen-bond donors (Lipinski definition) is 1. The minimum atomic E-state index is -0.842. The largest absolute Gasteiger partial charge is 0.484 e. The molecule has 0 spiro atoms. The number of nitrogens with zero attached hydrogens (tertiary/aromatic N) is 1. The predicted octanol–water partition coefficient (Wildman–Crippen LogP) is 4.00. The number of anilines is 1. The van der Waals surface area contributed by atoms with Gasteiger partial charge in [0.2, 0.25) is 0 Å². The second kappa shape index (κ2) is 11.1. The van der Waals surface area contributed by atoms with E-state index in [4.69, 9.17) is 9.47 Å². The fourth-order valence-corrected chi connectivity index (χ4v) is 3.30. The van der Waals surface area contributed by atoms with E-state index in [1.165, 1.54) is 6.42 Å². The molecule has 1 fully saturated rings. The molecule has 28 heavy (non-hydrogen) atoms. The Labute approximate surface area is 168 Å². The lowest BCUT2D eigenvalue weighted by Gasteiger charge is -2.27. The van der Waals surface area contributed by atoms with Crippen molar-refractivity contribution in [1.29, 1.82) is 0 Å². The molecule has 1 aromatic carbocycles. The van der Waals surface area contributed by atoms with Gasteiger partial charge in [0, 0.05) is 25.9 Å². The molecule has 0 aliphatic carbocycles. The molecule has 2 amide bonds. The molecule has 1 atom stereocenters. The van der Waals surface area contributed by atoms with Crippen molar-refractivity contribution in [2.24, 2.45) is 0 Å². The zero-order chi connectivity index (χ0) is 20.4. The average Bonchev–Trinajstić information content (AvgIpc) is 2.73. The molecule has 0 aromatic heterocycles. The number of unbranched alkanes of at least 4 members (excludes halogenated alkanes) is 2. The fraction of sp³-hybridized carbons (Fsp3) is 0.636. The van der Waals surface area contributed by atoms with Crippen molar-refractivity contribution in [3.63, 3.8) is 0 Å². The summed E-state index contributed by atoms with van der Waals surface area (Å²) < 4.78 is 11.1. The molecule has 1 aromatic rings. The molecule has 6 nitrogen and oxygen atoms in total. The minimum Gasteiger partial charge on any atom is -0.484 e. The van der Waals surface area contributed by atoms with Crippen LogP contribution in [0, 0.1) is 0 Å². The molecule has 1 aliphatic heterocycles. The Hall–Kier alpha value is -2.08. The van der Waals surface area contributed by atoms with Crippen LogP contribution in [0.1, 0.15) is 58.8 Å². The maximum atomic E-state index is 12.6. The van der Waals surface area contributed by atoms with Crippen molar-refractivity contribution in [2.45, 2.75) is 64.4 Å². The van der Waals surface area contributed by atoms with Gasteiger partial charge < -0.3 is 19.7 Å². The Bertz CT molecular complexity index is 626. The average molecular weight is 391 g/mol. The quantitative estimate of drug-likeness (QED) is 0.613. The van der Waals surface area contributed by atoms with Crippen molar-refractivity contribution >= 4 is 17.5 Å². The van der Waals surface area contributed by atoms with Gasteiger partial charge in [-0.05, 0) is 56.9 Å². The maximum absolute atomic E-state index is 12.6. The van der Waals surface area contributed by atoms with E-state index in [1.807, 2.05) is 11.8 Å². The number of piperidine rings is 1. The standard InChI is InChI=1S/C22H34N2O4/c1-4-5-7-14-22(2,27-3)21(26)23-18-10-12-19(13-11-18)28-17-20(25)24-15-8-6-9-16-24/h10-13H,4-9,14-17H2,1-3H3,(H,23,26). The van der Waals surface area contributed by atoms with Gasteiger partial charge in [-0.3, -0.25) is 9.59 Å². The lowest BCUT2D eigenvalue weighted by Crippen LogP contribution is -2.41. The molecule has 1 saturated heterocycles. The molecular weight excluding hydrogens is 356 g/mol. The summed E-state index contributed by atoms with van der Waals surface area (Å²) >= 11 is 0. The number of ether oxygens (including phenoxy) is 2. The third-order valence-corrected chi connectivity index (χ3v) is 5.37.